The van der Waals surface area contributed by atoms with Crippen LogP contribution >= 0.6 is 27.3 Å². The van der Waals surface area contributed by atoms with E-state index in [0.29, 0.717) is 17.5 Å². The molecule has 0 bridgehead atoms. The molecular formula is C18H16BrF2N5O2S. The number of aryl methyl sites for hydroxylation is 1. The third-order valence-electron chi connectivity index (χ3n) is 4.61. The summed E-state index contributed by atoms with van der Waals surface area (Å²) in [5, 5.41) is 7.38. The number of fused-ring (bicyclic) bond motifs is 1. The number of primary amides is 1. The van der Waals surface area contributed by atoms with Gasteiger partial charge in [-0.15, -0.1) is 11.3 Å². The normalized spacial score (nSPS) is 13.9. The Labute approximate surface area is 176 Å². The molecule has 3 heterocycles. The Hall–Kier alpha value is -2.40. The fraction of sp³-hybridized carbons (Fsp3) is 0.333. The smallest absolute Gasteiger partial charge is 0.280 e. The molecule has 1 aliphatic rings. The first-order valence-electron chi connectivity index (χ1n) is 8.86. The van der Waals surface area contributed by atoms with E-state index in [9.17, 15) is 18.4 Å². The Bertz CT molecular complexity index is 1110. The minimum atomic E-state index is -2.72. The maximum atomic E-state index is 13.3. The molecule has 3 aromatic heterocycles. The zero-order valence-electron chi connectivity index (χ0n) is 15.0. The Morgan fingerprint density at radius 2 is 2.17 bits per heavy atom. The van der Waals surface area contributed by atoms with Crippen LogP contribution in [0.2, 0.25) is 0 Å². The summed E-state index contributed by atoms with van der Waals surface area (Å²) in [6, 6.07) is 1.37. The number of rotatable bonds is 7. The number of alkyl halides is 2. The van der Waals surface area contributed by atoms with Crippen LogP contribution in [0, 0.1) is 0 Å². The number of halogens is 3. The summed E-state index contributed by atoms with van der Waals surface area (Å²) in [6.45, 7) is 0.342. The minimum Gasteiger partial charge on any atom is -0.365 e. The first kappa shape index (κ1) is 19.9. The van der Waals surface area contributed by atoms with E-state index < -0.39 is 12.3 Å². The molecule has 0 spiro atoms. The molecule has 4 rings (SSSR count). The molecule has 1 aliphatic carbocycles. The highest BCUT2D eigenvalue weighted by Crippen LogP contribution is 2.48. The van der Waals surface area contributed by atoms with Crippen LogP contribution in [0.25, 0.3) is 10.2 Å². The van der Waals surface area contributed by atoms with Crippen molar-refractivity contribution in [1.82, 2.24) is 14.8 Å². The van der Waals surface area contributed by atoms with Gasteiger partial charge in [-0.2, -0.15) is 5.10 Å². The SMILES string of the molecule is NC(=O)c1sc2nc(C(F)F)cc(C3CC3)c2c1NC(=O)CCn1cc(Br)cn1. The number of pyridine rings is 1. The Balaban J connectivity index is 1.69. The Kier molecular flexibility index (Phi) is 5.34. The molecule has 0 atom stereocenters. The summed E-state index contributed by atoms with van der Waals surface area (Å²) in [6.07, 6.45) is 2.48. The Morgan fingerprint density at radius 1 is 1.41 bits per heavy atom. The van der Waals surface area contributed by atoms with E-state index in [1.54, 1.807) is 17.1 Å². The molecule has 0 radical (unpaired) electrons. The van der Waals surface area contributed by atoms with Crippen molar-refractivity contribution in [3.63, 3.8) is 0 Å². The van der Waals surface area contributed by atoms with E-state index in [2.05, 4.69) is 31.3 Å². The van der Waals surface area contributed by atoms with E-state index >= 15 is 0 Å². The summed E-state index contributed by atoms with van der Waals surface area (Å²) < 4.78 is 28.9. The summed E-state index contributed by atoms with van der Waals surface area (Å²) in [5.74, 6) is -0.955. The monoisotopic (exact) mass is 483 g/mol. The van der Waals surface area contributed by atoms with Gasteiger partial charge in [-0.1, -0.05) is 0 Å². The van der Waals surface area contributed by atoms with Gasteiger partial charge in [0, 0.05) is 24.5 Å². The largest absolute Gasteiger partial charge is 0.365 e. The van der Waals surface area contributed by atoms with Crippen molar-refractivity contribution in [2.75, 3.05) is 5.32 Å². The van der Waals surface area contributed by atoms with E-state index in [-0.39, 0.29) is 39.3 Å². The number of aromatic nitrogens is 3. The highest BCUT2D eigenvalue weighted by atomic mass is 79.9. The lowest BCUT2D eigenvalue weighted by molar-refractivity contribution is -0.116. The molecule has 3 N–H and O–H groups in total. The van der Waals surface area contributed by atoms with Crippen LogP contribution in [0.4, 0.5) is 14.5 Å². The number of carbonyl (C=O) groups is 2. The molecular weight excluding hydrogens is 468 g/mol. The van der Waals surface area contributed by atoms with Crippen molar-refractivity contribution in [3.8, 4) is 0 Å². The number of anilines is 1. The van der Waals surface area contributed by atoms with Crippen molar-refractivity contribution in [3.05, 3.63) is 39.1 Å². The molecule has 2 amide bonds. The summed E-state index contributed by atoms with van der Waals surface area (Å²) in [4.78, 5) is 28.9. The zero-order valence-corrected chi connectivity index (χ0v) is 17.4. The van der Waals surface area contributed by atoms with E-state index in [1.807, 2.05) is 0 Å². The molecule has 11 heteroatoms. The van der Waals surface area contributed by atoms with Gasteiger partial charge >= 0.3 is 0 Å². The molecule has 0 aromatic carbocycles. The van der Waals surface area contributed by atoms with Crippen LogP contribution in [0.5, 0.6) is 0 Å². The Morgan fingerprint density at radius 3 is 2.76 bits per heavy atom. The number of thiophene rings is 1. The molecule has 0 aliphatic heterocycles. The van der Waals surface area contributed by atoms with Crippen molar-refractivity contribution in [2.24, 2.45) is 5.73 Å². The van der Waals surface area contributed by atoms with Crippen LogP contribution in [0.3, 0.4) is 0 Å². The van der Waals surface area contributed by atoms with Crippen molar-refractivity contribution in [1.29, 1.82) is 0 Å². The fourth-order valence-corrected chi connectivity index (χ4v) is 4.50. The minimum absolute atomic E-state index is 0.107. The highest BCUT2D eigenvalue weighted by molar-refractivity contribution is 9.10. The van der Waals surface area contributed by atoms with Crippen molar-refractivity contribution in [2.45, 2.75) is 38.2 Å². The van der Waals surface area contributed by atoms with E-state index in [0.717, 1.165) is 28.7 Å². The molecule has 1 fully saturated rings. The molecule has 7 nitrogen and oxygen atoms in total. The summed E-state index contributed by atoms with van der Waals surface area (Å²) in [7, 11) is 0. The topological polar surface area (TPSA) is 103 Å². The molecule has 1 saturated carbocycles. The number of hydrogen-bond acceptors (Lipinski definition) is 5. The average molecular weight is 484 g/mol. The van der Waals surface area contributed by atoms with Gasteiger partial charge in [-0.25, -0.2) is 13.8 Å². The second-order valence-corrected chi connectivity index (χ2v) is 8.70. The summed E-state index contributed by atoms with van der Waals surface area (Å²) in [5.41, 5.74) is 6.10. The maximum Gasteiger partial charge on any atom is 0.280 e. The number of nitrogens with zero attached hydrogens (tertiary/aromatic N) is 3. The molecule has 0 saturated heterocycles. The van der Waals surface area contributed by atoms with E-state index in [1.165, 1.54) is 6.07 Å². The number of amides is 2. The van der Waals surface area contributed by atoms with Crippen molar-refractivity contribution >= 4 is 55.0 Å². The lowest BCUT2D eigenvalue weighted by Gasteiger charge is -2.10. The second kappa shape index (κ2) is 7.79. The van der Waals surface area contributed by atoms with Crippen LogP contribution < -0.4 is 11.1 Å². The average Bonchev–Trinajstić information content (AvgIpc) is 3.33. The van der Waals surface area contributed by atoms with Crippen molar-refractivity contribution < 1.29 is 18.4 Å². The lowest BCUT2D eigenvalue weighted by Crippen LogP contribution is -2.18. The molecule has 0 unspecified atom stereocenters. The lowest BCUT2D eigenvalue weighted by atomic mass is 10.0. The number of nitrogens with two attached hydrogens (primary N) is 1. The second-order valence-electron chi connectivity index (χ2n) is 6.78. The molecule has 152 valence electrons. The van der Waals surface area contributed by atoms with Gasteiger partial charge in [0.1, 0.15) is 15.4 Å². The zero-order chi connectivity index (χ0) is 20.7. The van der Waals surface area contributed by atoms with Gasteiger partial charge in [0.05, 0.1) is 16.4 Å². The van der Waals surface area contributed by atoms with Crippen LogP contribution in [0.15, 0.2) is 22.9 Å². The van der Waals surface area contributed by atoms with Gasteiger partial charge < -0.3 is 11.1 Å². The van der Waals surface area contributed by atoms with Crippen LogP contribution in [-0.4, -0.2) is 26.6 Å². The van der Waals surface area contributed by atoms with Crippen LogP contribution in [0.1, 0.15) is 52.5 Å². The molecule has 3 aromatic rings. The van der Waals surface area contributed by atoms with Gasteiger partial charge in [0.25, 0.3) is 12.3 Å². The number of carbonyl (C=O) groups excluding carboxylic acids is 2. The molecule has 29 heavy (non-hydrogen) atoms. The van der Waals surface area contributed by atoms with E-state index in [4.69, 9.17) is 5.73 Å². The quantitative estimate of drug-likeness (QED) is 0.525. The highest BCUT2D eigenvalue weighted by Gasteiger charge is 2.31. The van der Waals surface area contributed by atoms with Gasteiger partial charge in [0.15, 0.2) is 0 Å². The third kappa shape index (κ3) is 4.15. The maximum absolute atomic E-state index is 13.3. The van der Waals surface area contributed by atoms with Crippen LogP contribution in [-0.2, 0) is 11.3 Å². The third-order valence-corrected chi connectivity index (χ3v) is 6.12. The fourth-order valence-electron chi connectivity index (χ4n) is 3.15. The van der Waals surface area contributed by atoms with Gasteiger partial charge in [-0.05, 0) is 46.3 Å². The predicted molar refractivity (Wildman–Crippen MR) is 108 cm³/mol. The van der Waals surface area contributed by atoms with Gasteiger partial charge in [0.2, 0.25) is 5.91 Å². The number of hydrogen-bond donors (Lipinski definition) is 2. The van der Waals surface area contributed by atoms with Gasteiger partial charge in [-0.3, -0.25) is 14.3 Å². The first-order chi connectivity index (χ1) is 13.8. The number of nitrogens with one attached hydrogen (secondary N) is 1. The predicted octanol–water partition coefficient (Wildman–Crippen LogP) is 4.20. The standard InChI is InChI=1S/C18H16BrF2N5O2S/c19-9-6-23-26(7-9)4-3-12(27)25-14-13-10(8-1-2-8)5-11(16(20)21)24-18(13)29-15(14)17(22)28/h5-8,16H,1-4H2,(H2,22,28)(H,25,27). The summed E-state index contributed by atoms with van der Waals surface area (Å²) >= 11 is 4.21. The first-order valence-corrected chi connectivity index (χ1v) is 10.5.